The minimum atomic E-state index is -4.53. The maximum Gasteiger partial charge on any atom is 0.434 e. The largest absolute Gasteiger partial charge is 0.434 e. The van der Waals surface area contributed by atoms with Crippen LogP contribution in [0.3, 0.4) is 0 Å². The van der Waals surface area contributed by atoms with Gasteiger partial charge in [0.15, 0.2) is 5.69 Å². The van der Waals surface area contributed by atoms with Gasteiger partial charge in [0.2, 0.25) is 0 Å². The Kier molecular flexibility index (Phi) is 6.16. The molecule has 1 aliphatic rings. The SMILES string of the molecule is Cc1nc(NC(C)c2cccc(C(F)F)c2F)c2cc(N3CCn4cc(C(F)(F)F)nc4C3)ncc2n1. The molecule has 7 nitrogen and oxygen atoms in total. The fourth-order valence-corrected chi connectivity index (χ4v) is 4.36. The number of imidazole rings is 1. The average Bonchev–Trinajstić information content (AvgIpc) is 3.28. The molecule has 1 N–H and O–H groups in total. The van der Waals surface area contributed by atoms with Crippen LogP contribution in [0.1, 0.15) is 47.9 Å². The highest BCUT2D eigenvalue weighted by molar-refractivity contribution is 5.90. The molecule has 0 spiro atoms. The molecule has 0 bridgehead atoms. The zero-order valence-corrected chi connectivity index (χ0v) is 19.7. The number of hydrogen-bond donors (Lipinski definition) is 1. The Morgan fingerprint density at radius 2 is 1.81 bits per heavy atom. The first-order valence-corrected chi connectivity index (χ1v) is 11.4. The molecule has 4 heterocycles. The molecule has 5 rings (SSSR count). The number of hydrogen-bond acceptors (Lipinski definition) is 6. The van der Waals surface area contributed by atoms with Gasteiger partial charge in [-0.15, -0.1) is 0 Å². The molecular weight excluding hydrogens is 500 g/mol. The van der Waals surface area contributed by atoms with Gasteiger partial charge in [0, 0.05) is 30.2 Å². The van der Waals surface area contributed by atoms with Gasteiger partial charge < -0.3 is 14.8 Å². The van der Waals surface area contributed by atoms with Gasteiger partial charge in [0.25, 0.3) is 6.43 Å². The van der Waals surface area contributed by atoms with Crippen molar-refractivity contribution in [3.63, 3.8) is 0 Å². The number of halogens is 6. The monoisotopic (exact) mass is 521 g/mol. The molecule has 13 heteroatoms. The minimum Gasteiger partial charge on any atom is -0.363 e. The molecule has 0 saturated carbocycles. The number of fused-ring (bicyclic) bond motifs is 2. The Morgan fingerprint density at radius 3 is 2.54 bits per heavy atom. The topological polar surface area (TPSA) is 71.8 Å². The number of nitrogens with zero attached hydrogens (tertiary/aromatic N) is 6. The predicted octanol–water partition coefficient (Wildman–Crippen LogP) is 5.82. The fourth-order valence-electron chi connectivity index (χ4n) is 4.36. The summed E-state index contributed by atoms with van der Waals surface area (Å²) in [6.45, 7) is 4.11. The molecule has 0 saturated heterocycles. The summed E-state index contributed by atoms with van der Waals surface area (Å²) < 4.78 is 81.8. The van der Waals surface area contributed by atoms with Gasteiger partial charge in [-0.2, -0.15) is 13.2 Å². The van der Waals surface area contributed by atoms with E-state index in [4.69, 9.17) is 0 Å². The second-order valence-corrected chi connectivity index (χ2v) is 8.75. The molecule has 3 aromatic heterocycles. The summed E-state index contributed by atoms with van der Waals surface area (Å²) in [5.41, 5.74) is -1.08. The molecule has 0 aliphatic carbocycles. The van der Waals surface area contributed by atoms with Gasteiger partial charge >= 0.3 is 6.18 Å². The Labute approximate surface area is 207 Å². The van der Waals surface area contributed by atoms with Crippen molar-refractivity contribution < 1.29 is 26.3 Å². The van der Waals surface area contributed by atoms with Crippen LogP contribution in [0.15, 0.2) is 36.7 Å². The highest BCUT2D eigenvalue weighted by Crippen LogP contribution is 2.33. The molecule has 194 valence electrons. The third-order valence-electron chi connectivity index (χ3n) is 6.21. The molecular formula is C24H21F6N7. The third-order valence-corrected chi connectivity index (χ3v) is 6.21. The molecule has 0 amide bonds. The van der Waals surface area contributed by atoms with Crippen LogP contribution in [-0.4, -0.2) is 31.0 Å². The van der Waals surface area contributed by atoms with E-state index in [1.807, 2.05) is 0 Å². The van der Waals surface area contributed by atoms with Crippen LogP contribution in [0.5, 0.6) is 0 Å². The Hall–Kier alpha value is -3.90. The number of alkyl halides is 5. The second kappa shape index (κ2) is 9.20. The molecule has 1 aromatic carbocycles. The molecule has 1 aliphatic heterocycles. The fraction of sp³-hybridized carbons (Fsp3) is 0.333. The summed E-state index contributed by atoms with van der Waals surface area (Å²) in [7, 11) is 0. The number of aryl methyl sites for hydroxylation is 1. The number of benzene rings is 1. The van der Waals surface area contributed by atoms with Crippen LogP contribution in [0.2, 0.25) is 0 Å². The summed E-state index contributed by atoms with van der Waals surface area (Å²) in [5.74, 6) is 0.514. The maximum absolute atomic E-state index is 14.7. The zero-order valence-electron chi connectivity index (χ0n) is 19.7. The Balaban J connectivity index is 1.46. The van der Waals surface area contributed by atoms with Crippen LogP contribution in [0.25, 0.3) is 10.9 Å². The molecule has 1 atom stereocenters. The highest BCUT2D eigenvalue weighted by Gasteiger charge is 2.35. The lowest BCUT2D eigenvalue weighted by atomic mass is 10.0. The first-order chi connectivity index (χ1) is 17.5. The normalized spacial score (nSPS) is 14.8. The van der Waals surface area contributed by atoms with E-state index < -0.39 is 35.7 Å². The van der Waals surface area contributed by atoms with E-state index in [-0.39, 0.29) is 17.9 Å². The summed E-state index contributed by atoms with van der Waals surface area (Å²) in [5, 5.41) is 3.63. The van der Waals surface area contributed by atoms with Crippen LogP contribution in [-0.2, 0) is 19.3 Å². The number of anilines is 2. The van der Waals surface area contributed by atoms with Gasteiger partial charge in [-0.3, -0.25) is 0 Å². The summed E-state index contributed by atoms with van der Waals surface area (Å²) in [6.07, 6.45) is -4.95. The van der Waals surface area contributed by atoms with E-state index in [1.54, 1.807) is 24.8 Å². The van der Waals surface area contributed by atoms with Crippen molar-refractivity contribution in [2.24, 2.45) is 0 Å². The predicted molar refractivity (Wildman–Crippen MR) is 124 cm³/mol. The highest BCUT2D eigenvalue weighted by atomic mass is 19.4. The number of pyridine rings is 1. The Bertz CT molecular complexity index is 1470. The van der Waals surface area contributed by atoms with Crippen molar-refractivity contribution in [2.75, 3.05) is 16.8 Å². The van der Waals surface area contributed by atoms with E-state index in [1.165, 1.54) is 22.9 Å². The van der Waals surface area contributed by atoms with E-state index in [9.17, 15) is 26.3 Å². The molecule has 37 heavy (non-hydrogen) atoms. The standard InChI is InChI=1S/C24H21F6N7/c1-12(14-4-3-5-15(21(14)25)22(26)27)32-23-16-8-19(31-9-17(16)33-13(2)34-23)37-7-6-36-10-18(24(28,29)30)35-20(36)11-37/h3-5,8-10,12,22H,6-7,11H2,1-2H3,(H,32,33,34). The lowest BCUT2D eigenvalue weighted by Crippen LogP contribution is -2.34. The van der Waals surface area contributed by atoms with Gasteiger partial charge in [-0.05, 0) is 19.9 Å². The van der Waals surface area contributed by atoms with E-state index >= 15 is 0 Å². The lowest BCUT2D eigenvalue weighted by molar-refractivity contribution is -0.141. The van der Waals surface area contributed by atoms with Crippen LogP contribution in [0, 0.1) is 12.7 Å². The molecule has 1 unspecified atom stereocenters. The molecule has 0 fully saturated rings. The van der Waals surface area contributed by atoms with Crippen molar-refractivity contribution in [3.05, 3.63) is 70.9 Å². The van der Waals surface area contributed by atoms with Crippen molar-refractivity contribution >= 4 is 22.5 Å². The van der Waals surface area contributed by atoms with Gasteiger partial charge in [-0.25, -0.2) is 33.1 Å². The van der Waals surface area contributed by atoms with Crippen LogP contribution in [0.4, 0.5) is 38.0 Å². The molecule has 0 radical (unpaired) electrons. The van der Waals surface area contributed by atoms with Gasteiger partial charge in [-0.1, -0.05) is 18.2 Å². The first-order valence-electron chi connectivity index (χ1n) is 11.4. The van der Waals surface area contributed by atoms with Crippen molar-refractivity contribution in [2.45, 2.75) is 45.6 Å². The van der Waals surface area contributed by atoms with Crippen molar-refractivity contribution in [1.29, 1.82) is 0 Å². The van der Waals surface area contributed by atoms with E-state index in [0.717, 1.165) is 12.3 Å². The average molecular weight is 521 g/mol. The zero-order chi connectivity index (χ0) is 26.5. The smallest absolute Gasteiger partial charge is 0.363 e. The van der Waals surface area contributed by atoms with Gasteiger partial charge in [0.05, 0.1) is 29.9 Å². The minimum absolute atomic E-state index is 0.0554. The van der Waals surface area contributed by atoms with Crippen LogP contribution >= 0.6 is 0 Å². The quantitative estimate of drug-likeness (QED) is 0.334. The van der Waals surface area contributed by atoms with Crippen molar-refractivity contribution in [3.8, 4) is 0 Å². The third kappa shape index (κ3) is 4.77. The van der Waals surface area contributed by atoms with E-state index in [0.29, 0.717) is 41.5 Å². The van der Waals surface area contributed by atoms with Crippen LogP contribution < -0.4 is 10.2 Å². The first kappa shape index (κ1) is 24.8. The summed E-state index contributed by atoms with van der Waals surface area (Å²) >= 11 is 0. The summed E-state index contributed by atoms with van der Waals surface area (Å²) in [6, 6.07) is 4.82. The number of aromatic nitrogens is 5. The van der Waals surface area contributed by atoms with Gasteiger partial charge in [0.1, 0.15) is 29.1 Å². The van der Waals surface area contributed by atoms with Crippen molar-refractivity contribution in [1.82, 2.24) is 24.5 Å². The second-order valence-electron chi connectivity index (χ2n) is 8.75. The molecule has 4 aromatic rings. The Morgan fingerprint density at radius 1 is 1.05 bits per heavy atom. The lowest BCUT2D eigenvalue weighted by Gasteiger charge is -2.28. The van der Waals surface area contributed by atoms with E-state index in [2.05, 4.69) is 25.3 Å². The maximum atomic E-state index is 14.7. The summed E-state index contributed by atoms with van der Waals surface area (Å²) in [4.78, 5) is 18.8. The number of nitrogens with one attached hydrogen (secondary N) is 1. The number of rotatable bonds is 5.